The monoisotopic (exact) mass is 413 g/mol. The number of aliphatic imine (C=N–C) groups is 1. The number of hydrogen-bond donors (Lipinski definition) is 2. The van der Waals surface area contributed by atoms with Crippen LogP contribution >= 0.6 is 24.0 Å². The van der Waals surface area contributed by atoms with E-state index in [0.29, 0.717) is 12.1 Å². The van der Waals surface area contributed by atoms with Gasteiger partial charge in [-0.2, -0.15) is 0 Å². The first-order valence-electron chi connectivity index (χ1n) is 7.73. The number of rotatable bonds is 9. The van der Waals surface area contributed by atoms with Crippen LogP contribution in [0.5, 0.6) is 0 Å². The van der Waals surface area contributed by atoms with E-state index >= 15 is 0 Å². The zero-order valence-electron chi connectivity index (χ0n) is 14.9. The summed E-state index contributed by atoms with van der Waals surface area (Å²) in [6.45, 7) is 13.0. The Kier molecular flexibility index (Phi) is 15.0. The van der Waals surface area contributed by atoms with Gasteiger partial charge < -0.3 is 15.5 Å². The number of halogens is 1. The molecule has 5 nitrogen and oxygen atoms in total. The fourth-order valence-corrected chi connectivity index (χ4v) is 2.24. The zero-order chi connectivity index (χ0) is 15.5. The molecule has 21 heavy (non-hydrogen) atoms. The van der Waals surface area contributed by atoms with Crippen molar-refractivity contribution in [3.05, 3.63) is 0 Å². The standard InChI is InChI=1S/C15H35N5.HI/c1-13(2)20(14(3)4)12-10-18-15(16-5)17-9-8-11-19(6)7;/h13-14H,8-12H2,1-7H3,(H2,16,17,18);1H. The molecule has 0 aromatic carbocycles. The normalized spacial score (nSPS) is 12.2. The summed E-state index contributed by atoms with van der Waals surface area (Å²) in [5.41, 5.74) is 0. The fraction of sp³-hybridized carbons (Fsp3) is 0.933. The van der Waals surface area contributed by atoms with Gasteiger partial charge in [-0.15, -0.1) is 24.0 Å². The van der Waals surface area contributed by atoms with E-state index in [0.717, 1.165) is 38.6 Å². The van der Waals surface area contributed by atoms with Gasteiger partial charge in [0.1, 0.15) is 0 Å². The molecule has 0 amide bonds. The molecule has 0 rings (SSSR count). The smallest absolute Gasteiger partial charge is 0.191 e. The molecule has 0 aliphatic rings. The number of nitrogens with zero attached hydrogens (tertiary/aromatic N) is 3. The summed E-state index contributed by atoms with van der Waals surface area (Å²) in [4.78, 5) is 8.93. The minimum Gasteiger partial charge on any atom is -0.356 e. The summed E-state index contributed by atoms with van der Waals surface area (Å²) in [5.74, 6) is 0.899. The zero-order valence-corrected chi connectivity index (χ0v) is 17.3. The van der Waals surface area contributed by atoms with E-state index in [1.807, 2.05) is 7.05 Å². The molecule has 0 aliphatic carbocycles. The average molecular weight is 413 g/mol. The Bertz CT molecular complexity index is 259. The summed E-state index contributed by atoms with van der Waals surface area (Å²) < 4.78 is 0. The third-order valence-corrected chi connectivity index (χ3v) is 3.29. The van der Waals surface area contributed by atoms with Gasteiger partial charge in [0.25, 0.3) is 0 Å². The number of guanidine groups is 1. The Morgan fingerprint density at radius 3 is 1.90 bits per heavy atom. The molecule has 2 N–H and O–H groups in total. The first kappa shape index (κ1) is 23.2. The van der Waals surface area contributed by atoms with Crippen LogP contribution in [0, 0.1) is 0 Å². The van der Waals surface area contributed by atoms with Crippen molar-refractivity contribution in [1.82, 2.24) is 20.4 Å². The number of hydrogen-bond acceptors (Lipinski definition) is 3. The molecular formula is C15H36IN5. The molecule has 0 aliphatic heterocycles. The second-order valence-corrected chi connectivity index (χ2v) is 6.01. The van der Waals surface area contributed by atoms with Crippen molar-refractivity contribution in [2.24, 2.45) is 4.99 Å². The lowest BCUT2D eigenvalue weighted by Gasteiger charge is -2.30. The summed E-state index contributed by atoms with van der Waals surface area (Å²) >= 11 is 0. The van der Waals surface area contributed by atoms with E-state index in [1.54, 1.807) is 0 Å². The molecule has 0 unspecified atom stereocenters. The maximum atomic E-state index is 4.25. The highest BCUT2D eigenvalue weighted by molar-refractivity contribution is 14.0. The Balaban J connectivity index is 0. The molecule has 0 saturated heterocycles. The molecule has 0 bridgehead atoms. The van der Waals surface area contributed by atoms with Crippen molar-refractivity contribution in [2.45, 2.75) is 46.2 Å². The van der Waals surface area contributed by atoms with Gasteiger partial charge in [0.05, 0.1) is 0 Å². The van der Waals surface area contributed by atoms with Crippen LogP contribution in [0.25, 0.3) is 0 Å². The van der Waals surface area contributed by atoms with E-state index in [9.17, 15) is 0 Å². The van der Waals surface area contributed by atoms with Crippen molar-refractivity contribution in [2.75, 3.05) is 47.3 Å². The highest BCUT2D eigenvalue weighted by Crippen LogP contribution is 2.03. The summed E-state index contributed by atoms with van der Waals surface area (Å²) in [7, 11) is 6.02. The minimum absolute atomic E-state index is 0. The molecule has 0 aromatic rings. The number of nitrogens with one attached hydrogen (secondary N) is 2. The topological polar surface area (TPSA) is 42.9 Å². The highest BCUT2D eigenvalue weighted by atomic mass is 127. The Morgan fingerprint density at radius 2 is 1.48 bits per heavy atom. The van der Waals surface area contributed by atoms with Crippen molar-refractivity contribution in [1.29, 1.82) is 0 Å². The van der Waals surface area contributed by atoms with Crippen LogP contribution in [0.15, 0.2) is 4.99 Å². The third kappa shape index (κ3) is 12.2. The predicted octanol–water partition coefficient (Wildman–Crippen LogP) is 1.84. The molecule has 0 atom stereocenters. The second-order valence-electron chi connectivity index (χ2n) is 6.01. The maximum Gasteiger partial charge on any atom is 0.191 e. The van der Waals surface area contributed by atoms with E-state index < -0.39 is 0 Å². The van der Waals surface area contributed by atoms with Gasteiger partial charge in [-0.1, -0.05) is 0 Å². The molecule has 0 saturated carbocycles. The van der Waals surface area contributed by atoms with Gasteiger partial charge >= 0.3 is 0 Å². The molecule has 0 spiro atoms. The fourth-order valence-electron chi connectivity index (χ4n) is 2.24. The molecule has 6 heteroatoms. The van der Waals surface area contributed by atoms with E-state index in [-0.39, 0.29) is 24.0 Å². The van der Waals surface area contributed by atoms with Gasteiger partial charge in [-0.25, -0.2) is 0 Å². The van der Waals surface area contributed by atoms with Crippen molar-refractivity contribution in [3.63, 3.8) is 0 Å². The van der Waals surface area contributed by atoms with Crippen molar-refractivity contribution < 1.29 is 0 Å². The van der Waals surface area contributed by atoms with Gasteiger partial charge in [-0.05, 0) is 54.8 Å². The molecule has 0 aromatic heterocycles. The quantitative estimate of drug-likeness (QED) is 0.262. The Hall–Kier alpha value is -0.0800. The maximum absolute atomic E-state index is 4.25. The van der Waals surface area contributed by atoms with Crippen LogP contribution in [-0.4, -0.2) is 75.2 Å². The van der Waals surface area contributed by atoms with E-state index in [4.69, 9.17) is 0 Å². The molecular weight excluding hydrogens is 377 g/mol. The third-order valence-electron chi connectivity index (χ3n) is 3.29. The lowest BCUT2D eigenvalue weighted by Crippen LogP contribution is -2.45. The highest BCUT2D eigenvalue weighted by Gasteiger charge is 2.12. The molecule has 0 fully saturated rings. The summed E-state index contributed by atoms with van der Waals surface area (Å²) in [6, 6.07) is 1.15. The van der Waals surface area contributed by atoms with Gasteiger partial charge in [0, 0.05) is 38.8 Å². The molecule has 128 valence electrons. The van der Waals surface area contributed by atoms with Crippen LogP contribution in [0.3, 0.4) is 0 Å². The Morgan fingerprint density at radius 1 is 0.952 bits per heavy atom. The summed E-state index contributed by atoms with van der Waals surface area (Å²) in [5, 5.41) is 6.73. The van der Waals surface area contributed by atoms with E-state index in [2.05, 4.69) is 67.2 Å². The largest absolute Gasteiger partial charge is 0.356 e. The first-order chi connectivity index (χ1) is 9.38. The average Bonchev–Trinajstić information content (AvgIpc) is 2.35. The van der Waals surface area contributed by atoms with Crippen LogP contribution in [0.2, 0.25) is 0 Å². The van der Waals surface area contributed by atoms with Crippen molar-refractivity contribution in [3.8, 4) is 0 Å². The van der Waals surface area contributed by atoms with Gasteiger partial charge in [0.2, 0.25) is 0 Å². The van der Waals surface area contributed by atoms with Crippen LogP contribution in [0.1, 0.15) is 34.1 Å². The van der Waals surface area contributed by atoms with E-state index in [1.165, 1.54) is 0 Å². The summed E-state index contributed by atoms with van der Waals surface area (Å²) in [6.07, 6.45) is 1.12. The van der Waals surface area contributed by atoms with Gasteiger partial charge in [-0.3, -0.25) is 9.89 Å². The van der Waals surface area contributed by atoms with Gasteiger partial charge in [0.15, 0.2) is 5.96 Å². The molecule has 0 radical (unpaired) electrons. The second kappa shape index (κ2) is 13.6. The lowest BCUT2D eigenvalue weighted by molar-refractivity contribution is 0.178. The van der Waals surface area contributed by atoms with Crippen LogP contribution < -0.4 is 10.6 Å². The van der Waals surface area contributed by atoms with Crippen molar-refractivity contribution >= 4 is 29.9 Å². The van der Waals surface area contributed by atoms with Crippen LogP contribution in [0.4, 0.5) is 0 Å². The molecule has 0 heterocycles. The predicted molar refractivity (Wildman–Crippen MR) is 105 cm³/mol. The SMILES string of the molecule is CN=C(NCCCN(C)C)NCCN(C(C)C)C(C)C.I. The first-order valence-corrected chi connectivity index (χ1v) is 7.73. The minimum atomic E-state index is 0. The van der Waals surface area contributed by atoms with Crippen LogP contribution in [-0.2, 0) is 0 Å². The lowest BCUT2D eigenvalue weighted by atomic mass is 10.2. The Labute approximate surface area is 149 Å².